The molecule has 0 unspecified atom stereocenters. The molecule has 3 N–H and O–H groups in total. The van der Waals surface area contributed by atoms with Crippen LogP contribution in [-0.2, 0) is 9.59 Å². The summed E-state index contributed by atoms with van der Waals surface area (Å²) in [6.45, 7) is 5.06. The van der Waals surface area contributed by atoms with E-state index in [4.69, 9.17) is 17.0 Å². The van der Waals surface area contributed by atoms with Crippen LogP contribution in [-0.4, -0.2) is 23.5 Å². The van der Waals surface area contributed by atoms with Crippen molar-refractivity contribution in [3.8, 4) is 5.75 Å². The molecule has 0 atom stereocenters. The van der Waals surface area contributed by atoms with E-state index in [2.05, 4.69) is 16.2 Å². The highest BCUT2D eigenvalue weighted by Gasteiger charge is 2.06. The van der Waals surface area contributed by atoms with Crippen LogP contribution in [0.25, 0.3) is 0 Å². The van der Waals surface area contributed by atoms with Crippen LogP contribution in [0.15, 0.2) is 18.2 Å². The summed E-state index contributed by atoms with van der Waals surface area (Å²) in [6, 6.07) is 5.63. The van der Waals surface area contributed by atoms with Crippen LogP contribution < -0.4 is 20.9 Å². The number of benzene rings is 1. The molecule has 0 spiro atoms. The van der Waals surface area contributed by atoms with Gasteiger partial charge in [-0.15, -0.1) is 0 Å². The monoisotopic (exact) mass is 295 g/mol. The molecule has 2 amide bonds. The molecule has 108 valence electrons. The maximum absolute atomic E-state index is 11.5. The average Bonchev–Trinajstić information content (AvgIpc) is 2.37. The third kappa shape index (κ3) is 5.23. The van der Waals surface area contributed by atoms with E-state index < -0.39 is 5.91 Å². The molecule has 0 aliphatic rings. The van der Waals surface area contributed by atoms with E-state index in [0.717, 1.165) is 11.1 Å². The van der Waals surface area contributed by atoms with Crippen molar-refractivity contribution in [3.63, 3.8) is 0 Å². The molecular formula is C13H17N3O3S. The van der Waals surface area contributed by atoms with Gasteiger partial charge in [-0.25, -0.2) is 0 Å². The van der Waals surface area contributed by atoms with Gasteiger partial charge in [-0.3, -0.25) is 20.4 Å². The number of thiocarbonyl (C=S) groups is 1. The molecule has 0 bridgehead atoms. The lowest BCUT2D eigenvalue weighted by molar-refractivity contribution is -0.124. The number of rotatable bonds is 3. The van der Waals surface area contributed by atoms with Gasteiger partial charge in [0.2, 0.25) is 5.91 Å². The summed E-state index contributed by atoms with van der Waals surface area (Å²) in [7, 11) is 0. The molecule has 0 aliphatic heterocycles. The number of carbonyl (C=O) groups excluding carboxylic acids is 2. The van der Waals surface area contributed by atoms with Gasteiger partial charge in [0.1, 0.15) is 5.75 Å². The summed E-state index contributed by atoms with van der Waals surface area (Å²) >= 11 is 4.77. The number of amides is 2. The molecule has 1 rings (SSSR count). The van der Waals surface area contributed by atoms with Crippen molar-refractivity contribution < 1.29 is 14.3 Å². The van der Waals surface area contributed by atoms with Gasteiger partial charge in [0.25, 0.3) is 5.91 Å². The van der Waals surface area contributed by atoms with E-state index in [0.29, 0.717) is 5.75 Å². The minimum Gasteiger partial charge on any atom is -0.483 e. The molecule has 0 saturated heterocycles. The molecule has 0 heterocycles. The first-order chi connectivity index (χ1) is 9.40. The van der Waals surface area contributed by atoms with E-state index in [1.165, 1.54) is 6.92 Å². The Morgan fingerprint density at radius 1 is 1.25 bits per heavy atom. The van der Waals surface area contributed by atoms with Crippen molar-refractivity contribution in [2.24, 2.45) is 0 Å². The van der Waals surface area contributed by atoms with Crippen molar-refractivity contribution >= 4 is 29.1 Å². The zero-order chi connectivity index (χ0) is 15.1. The van der Waals surface area contributed by atoms with E-state index in [1.54, 1.807) is 6.07 Å². The Bertz CT molecular complexity index is 532. The minimum atomic E-state index is -0.404. The summed E-state index contributed by atoms with van der Waals surface area (Å²) in [4.78, 5) is 22.2. The van der Waals surface area contributed by atoms with Crippen LogP contribution in [0.4, 0.5) is 0 Å². The number of hydrazine groups is 1. The molecule has 1 aromatic carbocycles. The lowest BCUT2D eigenvalue weighted by Crippen LogP contribution is -2.49. The van der Waals surface area contributed by atoms with Gasteiger partial charge in [-0.05, 0) is 43.3 Å². The Balaban J connectivity index is 2.38. The fourth-order valence-corrected chi connectivity index (χ4v) is 1.57. The largest absolute Gasteiger partial charge is 0.483 e. The Hall–Kier alpha value is -2.15. The van der Waals surface area contributed by atoms with E-state index >= 15 is 0 Å². The van der Waals surface area contributed by atoms with Gasteiger partial charge in [-0.1, -0.05) is 12.1 Å². The number of aryl methyl sites for hydroxylation is 1. The molecule has 0 saturated carbocycles. The van der Waals surface area contributed by atoms with E-state index in [9.17, 15) is 9.59 Å². The summed E-state index contributed by atoms with van der Waals surface area (Å²) in [6.07, 6.45) is 0. The fraction of sp³-hybridized carbons (Fsp3) is 0.308. The van der Waals surface area contributed by atoms with Gasteiger partial charge < -0.3 is 10.1 Å². The van der Waals surface area contributed by atoms with Crippen LogP contribution in [0, 0.1) is 13.8 Å². The normalized spacial score (nSPS) is 9.55. The number of ether oxygens (including phenoxy) is 1. The molecular weight excluding hydrogens is 278 g/mol. The highest BCUT2D eigenvalue weighted by Crippen LogP contribution is 2.20. The second kappa shape index (κ2) is 7.44. The zero-order valence-electron chi connectivity index (χ0n) is 11.6. The highest BCUT2D eigenvalue weighted by atomic mass is 32.1. The van der Waals surface area contributed by atoms with Crippen LogP contribution in [0.3, 0.4) is 0 Å². The van der Waals surface area contributed by atoms with E-state index in [1.807, 2.05) is 26.0 Å². The number of nitrogens with one attached hydrogen (secondary N) is 3. The average molecular weight is 295 g/mol. The van der Waals surface area contributed by atoms with Crippen LogP contribution in [0.1, 0.15) is 18.1 Å². The molecule has 0 radical (unpaired) electrons. The fourth-order valence-electron chi connectivity index (χ4n) is 1.38. The van der Waals surface area contributed by atoms with Crippen molar-refractivity contribution in [1.29, 1.82) is 0 Å². The third-order valence-corrected chi connectivity index (χ3v) is 2.72. The molecule has 20 heavy (non-hydrogen) atoms. The third-order valence-electron chi connectivity index (χ3n) is 2.52. The minimum absolute atomic E-state index is 0.0255. The second-order valence-electron chi connectivity index (χ2n) is 4.17. The first-order valence-corrected chi connectivity index (χ1v) is 6.36. The Labute approximate surface area is 122 Å². The SMILES string of the molecule is CC(=O)NC(=S)NNC(=O)COc1cccc(C)c1C. The molecule has 1 aromatic rings. The predicted octanol–water partition coefficient (Wildman–Crippen LogP) is 0.724. The quantitative estimate of drug-likeness (QED) is 0.566. The Morgan fingerprint density at radius 2 is 1.95 bits per heavy atom. The summed E-state index contributed by atoms with van der Waals surface area (Å²) in [5, 5.41) is 2.34. The van der Waals surface area contributed by atoms with Gasteiger partial charge in [0.05, 0.1) is 0 Å². The van der Waals surface area contributed by atoms with Crippen molar-refractivity contribution in [3.05, 3.63) is 29.3 Å². The van der Waals surface area contributed by atoms with Crippen molar-refractivity contribution in [2.75, 3.05) is 6.61 Å². The Kier molecular flexibility index (Phi) is 5.92. The topological polar surface area (TPSA) is 79.5 Å². The summed E-state index contributed by atoms with van der Waals surface area (Å²) in [5.74, 6) is -0.0634. The first-order valence-electron chi connectivity index (χ1n) is 5.95. The molecule has 7 heteroatoms. The first kappa shape index (κ1) is 15.9. The van der Waals surface area contributed by atoms with Gasteiger partial charge in [0, 0.05) is 6.92 Å². The summed E-state index contributed by atoms with van der Waals surface area (Å²) < 4.78 is 5.41. The number of carbonyl (C=O) groups is 2. The van der Waals surface area contributed by atoms with Crippen molar-refractivity contribution in [1.82, 2.24) is 16.2 Å². The van der Waals surface area contributed by atoms with Crippen LogP contribution in [0.5, 0.6) is 5.75 Å². The second-order valence-corrected chi connectivity index (χ2v) is 4.58. The predicted molar refractivity (Wildman–Crippen MR) is 79.1 cm³/mol. The van der Waals surface area contributed by atoms with Gasteiger partial charge in [0.15, 0.2) is 11.7 Å². The lowest BCUT2D eigenvalue weighted by atomic mass is 10.1. The van der Waals surface area contributed by atoms with Crippen molar-refractivity contribution in [2.45, 2.75) is 20.8 Å². The lowest BCUT2D eigenvalue weighted by Gasteiger charge is -2.12. The number of hydrogen-bond donors (Lipinski definition) is 3. The summed E-state index contributed by atoms with van der Waals surface area (Å²) in [5.41, 5.74) is 6.80. The van der Waals surface area contributed by atoms with Crippen LogP contribution >= 0.6 is 12.2 Å². The molecule has 0 fully saturated rings. The number of hydrogen-bond acceptors (Lipinski definition) is 4. The van der Waals surface area contributed by atoms with Gasteiger partial charge in [-0.2, -0.15) is 0 Å². The maximum Gasteiger partial charge on any atom is 0.276 e. The zero-order valence-corrected chi connectivity index (χ0v) is 12.4. The molecule has 0 aliphatic carbocycles. The molecule has 6 nitrogen and oxygen atoms in total. The maximum atomic E-state index is 11.5. The van der Waals surface area contributed by atoms with E-state index in [-0.39, 0.29) is 17.6 Å². The Morgan fingerprint density at radius 3 is 2.60 bits per heavy atom. The van der Waals surface area contributed by atoms with Gasteiger partial charge >= 0.3 is 0 Å². The molecule has 0 aromatic heterocycles. The standard InChI is InChI=1S/C13H17N3O3S/c1-8-5-4-6-11(9(8)2)19-7-12(18)15-16-13(20)14-10(3)17/h4-6H,7H2,1-3H3,(H,15,18)(H2,14,16,17,20). The van der Waals surface area contributed by atoms with Crippen LogP contribution in [0.2, 0.25) is 0 Å². The smallest absolute Gasteiger partial charge is 0.276 e. The highest BCUT2D eigenvalue weighted by molar-refractivity contribution is 7.80.